The van der Waals surface area contributed by atoms with Crippen molar-refractivity contribution in [3.05, 3.63) is 86.3 Å². The number of rotatable bonds is 4. The summed E-state index contributed by atoms with van der Waals surface area (Å²) >= 11 is 3.10. The summed E-state index contributed by atoms with van der Waals surface area (Å²) in [5.74, 6) is 0.445. The Bertz CT molecular complexity index is 1070. The van der Waals surface area contributed by atoms with Crippen molar-refractivity contribution >= 4 is 51.6 Å². The average molecular weight is 505 g/mol. The van der Waals surface area contributed by atoms with E-state index in [0.717, 1.165) is 25.8 Å². The first-order valence-electron chi connectivity index (χ1n) is 8.35. The van der Waals surface area contributed by atoms with E-state index < -0.39 is 0 Å². The third-order valence-electron chi connectivity index (χ3n) is 4.16. The van der Waals surface area contributed by atoms with Crippen molar-refractivity contribution in [1.82, 2.24) is 4.90 Å². The number of imide groups is 1. The number of amides is 2. The predicted octanol–water partition coefficient (Wildman–Crippen LogP) is 5.93. The molecule has 0 spiro atoms. The summed E-state index contributed by atoms with van der Waals surface area (Å²) in [5, 5.41) is -0.356. The van der Waals surface area contributed by atoms with Crippen LogP contribution in [-0.4, -0.2) is 16.0 Å². The average Bonchev–Trinajstić information content (AvgIpc) is 3.24. The maximum Gasteiger partial charge on any atom is 0.293 e. The quantitative estimate of drug-likeness (QED) is 0.326. The smallest absolute Gasteiger partial charge is 0.293 e. The number of benzene rings is 2. The molecule has 0 saturated carbocycles. The highest BCUT2D eigenvalue weighted by molar-refractivity contribution is 14.1. The molecule has 0 N–H and O–H groups in total. The minimum absolute atomic E-state index is 0.105. The van der Waals surface area contributed by atoms with Crippen LogP contribution >= 0.6 is 34.4 Å². The molecule has 1 fully saturated rings. The van der Waals surface area contributed by atoms with Crippen LogP contribution in [0.15, 0.2) is 70.0 Å². The molecule has 1 aliphatic heterocycles. The molecule has 28 heavy (non-hydrogen) atoms. The van der Waals surface area contributed by atoms with Crippen LogP contribution in [0.25, 0.3) is 17.4 Å². The van der Waals surface area contributed by atoms with E-state index in [1.807, 2.05) is 30.3 Å². The summed E-state index contributed by atoms with van der Waals surface area (Å²) in [6.07, 6.45) is 1.58. The largest absolute Gasteiger partial charge is 0.457 e. The van der Waals surface area contributed by atoms with Gasteiger partial charge in [0.2, 0.25) is 0 Å². The van der Waals surface area contributed by atoms with E-state index in [2.05, 4.69) is 22.6 Å². The molecule has 0 aliphatic carbocycles. The maximum atomic E-state index is 13.0. The standard InChI is InChI=1S/C21H13FINO3S/c22-15-5-1-13(2-6-15)12-24-20(25)19(28-21(24)26)11-17-9-10-18(27-17)14-3-7-16(23)8-4-14/h1-11H,12H2/b19-11-. The molecule has 7 heteroatoms. The summed E-state index contributed by atoms with van der Waals surface area (Å²) in [6, 6.07) is 17.2. The Morgan fingerprint density at radius 3 is 2.43 bits per heavy atom. The normalized spacial score (nSPS) is 15.6. The zero-order valence-corrected chi connectivity index (χ0v) is 17.4. The molecule has 1 aromatic heterocycles. The second-order valence-electron chi connectivity index (χ2n) is 6.10. The molecule has 2 amide bonds. The summed E-state index contributed by atoms with van der Waals surface area (Å²) in [7, 11) is 0. The minimum Gasteiger partial charge on any atom is -0.457 e. The molecule has 4 nitrogen and oxygen atoms in total. The lowest BCUT2D eigenvalue weighted by Crippen LogP contribution is -2.27. The van der Waals surface area contributed by atoms with Crippen molar-refractivity contribution in [2.75, 3.05) is 0 Å². The van der Waals surface area contributed by atoms with Gasteiger partial charge in [-0.05, 0) is 76.3 Å². The van der Waals surface area contributed by atoms with E-state index in [9.17, 15) is 14.0 Å². The lowest BCUT2D eigenvalue weighted by atomic mass is 10.2. The fourth-order valence-corrected chi connectivity index (χ4v) is 3.92. The molecule has 3 aromatic rings. The number of thioether (sulfide) groups is 1. The van der Waals surface area contributed by atoms with E-state index >= 15 is 0 Å². The first-order chi connectivity index (χ1) is 13.5. The number of hydrogen-bond acceptors (Lipinski definition) is 4. The van der Waals surface area contributed by atoms with Crippen LogP contribution in [0, 0.1) is 9.39 Å². The van der Waals surface area contributed by atoms with Crippen LogP contribution in [0.1, 0.15) is 11.3 Å². The van der Waals surface area contributed by atoms with E-state index in [0.29, 0.717) is 22.0 Å². The number of furan rings is 1. The van der Waals surface area contributed by atoms with Gasteiger partial charge in [0.05, 0.1) is 11.4 Å². The Balaban J connectivity index is 1.52. The molecule has 0 unspecified atom stereocenters. The van der Waals surface area contributed by atoms with Gasteiger partial charge < -0.3 is 4.42 Å². The third kappa shape index (κ3) is 4.05. The molecular weight excluding hydrogens is 492 g/mol. The lowest BCUT2D eigenvalue weighted by molar-refractivity contribution is -0.123. The van der Waals surface area contributed by atoms with Crippen LogP contribution in [-0.2, 0) is 11.3 Å². The van der Waals surface area contributed by atoms with Crippen molar-refractivity contribution < 1.29 is 18.4 Å². The first-order valence-corrected chi connectivity index (χ1v) is 10.2. The molecule has 1 saturated heterocycles. The summed E-state index contributed by atoms with van der Waals surface area (Å²) in [6.45, 7) is 0.105. The summed E-state index contributed by atoms with van der Waals surface area (Å²) in [4.78, 5) is 26.3. The van der Waals surface area contributed by atoms with Crippen molar-refractivity contribution in [3.8, 4) is 11.3 Å². The van der Waals surface area contributed by atoms with Gasteiger partial charge in [-0.15, -0.1) is 0 Å². The van der Waals surface area contributed by atoms with Crippen LogP contribution in [0.3, 0.4) is 0 Å². The van der Waals surface area contributed by atoms with Gasteiger partial charge in [-0.1, -0.05) is 24.3 Å². The van der Waals surface area contributed by atoms with Crippen LogP contribution < -0.4 is 0 Å². The van der Waals surface area contributed by atoms with Gasteiger partial charge in [-0.25, -0.2) is 4.39 Å². The second-order valence-corrected chi connectivity index (χ2v) is 8.34. The van der Waals surface area contributed by atoms with Crippen molar-refractivity contribution in [1.29, 1.82) is 0 Å². The zero-order valence-electron chi connectivity index (χ0n) is 14.4. The summed E-state index contributed by atoms with van der Waals surface area (Å²) in [5.41, 5.74) is 1.62. The first kappa shape index (κ1) is 18.9. The predicted molar refractivity (Wildman–Crippen MR) is 115 cm³/mol. The number of carbonyl (C=O) groups excluding carboxylic acids is 2. The van der Waals surface area contributed by atoms with Gasteiger partial charge in [0.1, 0.15) is 17.3 Å². The molecule has 0 bridgehead atoms. The Hall–Kier alpha value is -2.39. The molecular formula is C21H13FINO3S. The van der Waals surface area contributed by atoms with Crippen molar-refractivity contribution in [2.24, 2.45) is 0 Å². The van der Waals surface area contributed by atoms with E-state index in [4.69, 9.17) is 4.42 Å². The maximum absolute atomic E-state index is 13.0. The highest BCUT2D eigenvalue weighted by atomic mass is 127. The highest BCUT2D eigenvalue weighted by Crippen LogP contribution is 2.34. The zero-order chi connectivity index (χ0) is 19.7. The molecule has 140 valence electrons. The fraction of sp³-hybridized carbons (Fsp3) is 0.0476. The SMILES string of the molecule is O=C1S/C(=C\c2ccc(-c3ccc(I)cc3)o2)C(=O)N1Cc1ccc(F)cc1. The monoisotopic (exact) mass is 505 g/mol. The third-order valence-corrected chi connectivity index (χ3v) is 5.78. The van der Waals surface area contributed by atoms with E-state index in [1.165, 1.54) is 12.1 Å². The molecule has 2 heterocycles. The second kappa shape index (κ2) is 7.92. The summed E-state index contributed by atoms with van der Waals surface area (Å²) < 4.78 is 20.0. The van der Waals surface area contributed by atoms with Crippen molar-refractivity contribution in [3.63, 3.8) is 0 Å². The molecule has 2 aromatic carbocycles. The van der Waals surface area contributed by atoms with Crippen molar-refractivity contribution in [2.45, 2.75) is 6.54 Å². The van der Waals surface area contributed by atoms with Gasteiger partial charge in [-0.3, -0.25) is 14.5 Å². The Kier molecular flexibility index (Phi) is 5.36. The molecule has 0 atom stereocenters. The van der Waals surface area contributed by atoms with E-state index in [1.54, 1.807) is 24.3 Å². The van der Waals surface area contributed by atoms with Gasteiger partial charge >= 0.3 is 0 Å². The topological polar surface area (TPSA) is 50.5 Å². The molecule has 0 radical (unpaired) electrons. The van der Waals surface area contributed by atoms with E-state index in [-0.39, 0.29) is 23.5 Å². The number of halogens is 2. The Labute approximate surface area is 178 Å². The number of nitrogens with zero attached hydrogens (tertiary/aromatic N) is 1. The van der Waals surface area contributed by atoms with Gasteiger partial charge in [0, 0.05) is 15.2 Å². The van der Waals surface area contributed by atoms with Gasteiger partial charge in [0.15, 0.2) is 0 Å². The minimum atomic E-state index is -0.383. The Morgan fingerprint density at radius 2 is 1.71 bits per heavy atom. The Morgan fingerprint density at radius 1 is 1.00 bits per heavy atom. The van der Waals surface area contributed by atoms with Crippen LogP contribution in [0.5, 0.6) is 0 Å². The van der Waals surface area contributed by atoms with Crippen LogP contribution in [0.2, 0.25) is 0 Å². The van der Waals surface area contributed by atoms with Crippen LogP contribution in [0.4, 0.5) is 9.18 Å². The number of hydrogen-bond donors (Lipinski definition) is 0. The lowest BCUT2D eigenvalue weighted by Gasteiger charge is -2.12. The molecule has 1 aliphatic rings. The van der Waals surface area contributed by atoms with Gasteiger partial charge in [0.25, 0.3) is 11.1 Å². The molecule has 4 rings (SSSR count). The number of carbonyl (C=O) groups is 2. The van der Waals surface area contributed by atoms with Gasteiger partial charge in [-0.2, -0.15) is 0 Å². The highest BCUT2D eigenvalue weighted by Gasteiger charge is 2.35. The fourth-order valence-electron chi connectivity index (χ4n) is 2.74.